The van der Waals surface area contributed by atoms with Gasteiger partial charge in [-0.25, -0.2) is 4.57 Å². The summed E-state index contributed by atoms with van der Waals surface area (Å²) in [5, 5.41) is 0. The average Bonchev–Trinajstić information content (AvgIpc) is 2.40. The molecule has 106 valence electrons. The highest BCUT2D eigenvalue weighted by molar-refractivity contribution is 9.13. The summed E-state index contributed by atoms with van der Waals surface area (Å²) in [4.78, 5) is 0. The van der Waals surface area contributed by atoms with Gasteiger partial charge < -0.3 is 4.52 Å². The molecule has 0 bridgehead atoms. The number of halogens is 4. The molecule has 0 aliphatic rings. The van der Waals surface area contributed by atoms with Crippen LogP contribution in [0, 0.1) is 0 Å². The van der Waals surface area contributed by atoms with Gasteiger partial charge >= 0.3 is 7.82 Å². The van der Waals surface area contributed by atoms with Gasteiger partial charge in [0.1, 0.15) is 0 Å². The summed E-state index contributed by atoms with van der Waals surface area (Å²) in [6, 6.07) is 3.55. The molecule has 0 unspecified atom stereocenters. The molecule has 0 saturated carbocycles. The normalized spacial score (nSPS) is 12.6. The fraction of sp³-hybridized carbons (Fsp3) is 0.200. The lowest BCUT2D eigenvalue weighted by Gasteiger charge is -2.17. The summed E-state index contributed by atoms with van der Waals surface area (Å²) < 4.78 is 28.9. The number of hydrogen-bond acceptors (Lipinski definition) is 4. The molecule has 0 aliphatic heterocycles. The highest BCUT2D eigenvalue weighted by Crippen LogP contribution is 2.52. The number of hydrogen-bond donors (Lipinski definition) is 0. The minimum Gasteiger partial charge on any atom is -0.402 e. The SMILES string of the molecule is COP(=O)(OC)O/C(=C\Cl)c1cc(Br)c(Br)cc1Br. The maximum absolute atomic E-state index is 12.0. The summed E-state index contributed by atoms with van der Waals surface area (Å²) in [5.74, 6) is 0.161. The molecule has 0 amide bonds. The second kappa shape index (κ2) is 7.59. The van der Waals surface area contributed by atoms with Crippen LogP contribution in [0.2, 0.25) is 0 Å². The fourth-order valence-corrected chi connectivity index (χ4v) is 3.56. The molecule has 0 atom stereocenters. The van der Waals surface area contributed by atoms with E-state index in [9.17, 15) is 4.57 Å². The van der Waals surface area contributed by atoms with Gasteiger partial charge in [0, 0.05) is 38.7 Å². The topological polar surface area (TPSA) is 44.8 Å². The molecule has 0 N–H and O–H groups in total. The summed E-state index contributed by atoms with van der Waals surface area (Å²) in [6.07, 6.45) is 0. The first-order valence-electron chi connectivity index (χ1n) is 4.73. The minimum absolute atomic E-state index is 0.161. The van der Waals surface area contributed by atoms with Gasteiger partial charge in [0.25, 0.3) is 0 Å². The third-order valence-electron chi connectivity index (χ3n) is 2.03. The largest absolute Gasteiger partial charge is 0.529 e. The predicted octanol–water partition coefficient (Wildman–Crippen LogP) is 5.93. The van der Waals surface area contributed by atoms with Crippen molar-refractivity contribution in [3.8, 4) is 0 Å². The monoisotopic (exact) mass is 496 g/mol. The van der Waals surface area contributed by atoms with Crippen LogP contribution in [0.4, 0.5) is 0 Å². The van der Waals surface area contributed by atoms with E-state index in [0.717, 1.165) is 14.5 Å². The Labute approximate surface area is 141 Å². The van der Waals surface area contributed by atoms with Gasteiger partial charge in [0.15, 0.2) is 5.76 Å². The molecular weight excluding hydrogens is 490 g/mol. The Kier molecular flexibility index (Phi) is 7.07. The lowest BCUT2D eigenvalue weighted by Crippen LogP contribution is -1.96. The lowest BCUT2D eigenvalue weighted by atomic mass is 10.2. The molecule has 1 aromatic rings. The van der Waals surface area contributed by atoms with Gasteiger partial charge in [-0.1, -0.05) is 11.6 Å². The molecule has 0 spiro atoms. The highest BCUT2D eigenvalue weighted by atomic mass is 79.9. The predicted molar refractivity (Wildman–Crippen MR) is 86.1 cm³/mol. The third kappa shape index (κ3) is 4.56. The molecule has 0 aliphatic carbocycles. The second-order valence-electron chi connectivity index (χ2n) is 3.12. The van der Waals surface area contributed by atoms with Gasteiger partial charge in [-0.05, 0) is 59.9 Å². The van der Waals surface area contributed by atoms with Gasteiger partial charge in [-0.3, -0.25) is 9.05 Å². The standard InChI is InChI=1S/C10H9Br3ClO4P/c1-16-19(15,17-2)18-10(5-14)6-3-8(12)9(13)4-7(6)11/h3-5H,1-2H3/b10-5-. The first kappa shape index (κ1) is 17.7. The zero-order valence-corrected chi connectivity index (χ0v) is 16.2. The van der Waals surface area contributed by atoms with Crippen molar-refractivity contribution in [2.75, 3.05) is 14.2 Å². The maximum Gasteiger partial charge on any atom is 0.529 e. The summed E-state index contributed by atoms with van der Waals surface area (Å²) in [6.45, 7) is 0. The molecule has 0 radical (unpaired) electrons. The van der Waals surface area contributed by atoms with Crippen LogP contribution in [0.3, 0.4) is 0 Å². The van der Waals surface area contributed by atoms with Crippen molar-refractivity contribution in [3.05, 3.63) is 36.6 Å². The van der Waals surface area contributed by atoms with Gasteiger partial charge in [-0.15, -0.1) is 0 Å². The lowest BCUT2D eigenvalue weighted by molar-refractivity contribution is 0.201. The maximum atomic E-state index is 12.0. The highest BCUT2D eigenvalue weighted by Gasteiger charge is 2.27. The van der Waals surface area contributed by atoms with E-state index < -0.39 is 7.82 Å². The van der Waals surface area contributed by atoms with Crippen molar-refractivity contribution < 1.29 is 18.1 Å². The first-order valence-corrected chi connectivity index (χ1v) is 9.01. The number of phosphoric ester groups is 1. The molecule has 0 aromatic heterocycles. The summed E-state index contributed by atoms with van der Waals surface area (Å²) in [7, 11) is -1.22. The molecule has 19 heavy (non-hydrogen) atoms. The second-order valence-corrected chi connectivity index (χ2v) is 7.71. The van der Waals surface area contributed by atoms with Gasteiger partial charge in [-0.2, -0.15) is 0 Å². The molecule has 0 heterocycles. The number of rotatable bonds is 5. The van der Waals surface area contributed by atoms with E-state index in [2.05, 4.69) is 47.8 Å². The van der Waals surface area contributed by atoms with Gasteiger partial charge in [0.2, 0.25) is 0 Å². The molecule has 1 rings (SSSR count). The van der Waals surface area contributed by atoms with Crippen LogP contribution < -0.4 is 0 Å². The van der Waals surface area contributed by atoms with E-state index in [1.807, 2.05) is 0 Å². The first-order chi connectivity index (χ1) is 8.86. The van der Waals surface area contributed by atoms with Crippen LogP contribution in [0.15, 0.2) is 31.1 Å². The van der Waals surface area contributed by atoms with E-state index in [-0.39, 0.29) is 5.76 Å². The van der Waals surface area contributed by atoms with E-state index in [4.69, 9.17) is 25.2 Å². The Morgan fingerprint density at radius 1 is 1.16 bits per heavy atom. The van der Waals surface area contributed by atoms with Crippen molar-refractivity contribution in [1.82, 2.24) is 0 Å². The molecule has 0 fully saturated rings. The van der Waals surface area contributed by atoms with Crippen LogP contribution in [-0.2, 0) is 18.1 Å². The Hall–Kier alpha value is 0.640. The van der Waals surface area contributed by atoms with E-state index in [1.54, 1.807) is 12.1 Å². The van der Waals surface area contributed by atoms with Crippen LogP contribution >= 0.6 is 67.2 Å². The van der Waals surface area contributed by atoms with Crippen LogP contribution in [0.5, 0.6) is 0 Å². The Balaban J connectivity index is 3.20. The van der Waals surface area contributed by atoms with Crippen molar-refractivity contribution >= 4 is 73.0 Å². The Morgan fingerprint density at radius 3 is 2.16 bits per heavy atom. The number of phosphoric acid groups is 1. The summed E-state index contributed by atoms with van der Waals surface area (Å²) in [5.41, 5.74) is 1.75. The third-order valence-corrected chi connectivity index (χ3v) is 6.05. The molecule has 1 aromatic carbocycles. The van der Waals surface area contributed by atoms with E-state index in [0.29, 0.717) is 10.0 Å². The zero-order valence-electron chi connectivity index (χ0n) is 9.82. The molecule has 4 nitrogen and oxygen atoms in total. The zero-order chi connectivity index (χ0) is 14.6. The smallest absolute Gasteiger partial charge is 0.402 e. The van der Waals surface area contributed by atoms with E-state index >= 15 is 0 Å². The van der Waals surface area contributed by atoms with Gasteiger partial charge in [0.05, 0.1) is 0 Å². The van der Waals surface area contributed by atoms with Crippen LogP contribution in [-0.4, -0.2) is 14.2 Å². The van der Waals surface area contributed by atoms with Crippen molar-refractivity contribution in [3.63, 3.8) is 0 Å². The van der Waals surface area contributed by atoms with Crippen molar-refractivity contribution in [1.29, 1.82) is 0 Å². The minimum atomic E-state index is -3.67. The quantitative estimate of drug-likeness (QED) is 0.286. The Bertz CT molecular complexity index is 542. The number of benzene rings is 1. The van der Waals surface area contributed by atoms with Crippen LogP contribution in [0.25, 0.3) is 5.76 Å². The van der Waals surface area contributed by atoms with Crippen molar-refractivity contribution in [2.45, 2.75) is 0 Å². The molecular formula is C10H9Br3ClO4P. The van der Waals surface area contributed by atoms with Crippen molar-refractivity contribution in [2.24, 2.45) is 0 Å². The Morgan fingerprint density at radius 2 is 1.68 bits per heavy atom. The molecule has 0 saturated heterocycles. The molecule has 9 heteroatoms. The van der Waals surface area contributed by atoms with Crippen LogP contribution in [0.1, 0.15) is 5.56 Å². The summed E-state index contributed by atoms with van der Waals surface area (Å²) >= 11 is 15.8. The van der Waals surface area contributed by atoms with E-state index in [1.165, 1.54) is 14.2 Å². The fourth-order valence-electron chi connectivity index (χ4n) is 1.11. The average molecular weight is 499 g/mol.